The topological polar surface area (TPSA) is 75.6 Å². The van der Waals surface area contributed by atoms with E-state index in [1.807, 2.05) is 6.92 Å². The van der Waals surface area contributed by atoms with Gasteiger partial charge in [0.1, 0.15) is 30.5 Å². The minimum absolute atomic E-state index is 0.0269. The van der Waals surface area contributed by atoms with Gasteiger partial charge in [-0.05, 0) is 62.0 Å². The predicted molar refractivity (Wildman–Crippen MR) is 133 cm³/mol. The number of ether oxygens (including phenoxy) is 6. The molecule has 0 amide bonds. The van der Waals surface area contributed by atoms with E-state index in [0.717, 1.165) is 51.4 Å². The first kappa shape index (κ1) is 25.5. The standard InChI is InChI=1S/C29H44O7/c1-6-20-17(5)15(3)12-18(31-20)8-9-22-16(4)13-19(32-22)10-11-29-14-23-25(35-29)27-28(34-23)26(36-29)24(30)21(7-2)33-27/h15,18-28,30H,4-14H2,1-3H3/t15-,18?,19?,20?,21?,22?,23-,24+,25?,26?,27+,28?,29+/m1/s1. The lowest BCUT2D eigenvalue weighted by molar-refractivity contribution is -0.273. The van der Waals surface area contributed by atoms with Crippen LogP contribution in [0.2, 0.25) is 0 Å². The highest BCUT2D eigenvalue weighted by molar-refractivity contribution is 5.13. The molecule has 0 spiro atoms. The van der Waals surface area contributed by atoms with Crippen LogP contribution in [-0.4, -0.2) is 78.0 Å². The van der Waals surface area contributed by atoms with Crippen molar-refractivity contribution in [2.75, 3.05) is 0 Å². The van der Waals surface area contributed by atoms with Gasteiger partial charge in [-0.15, -0.1) is 0 Å². The monoisotopic (exact) mass is 504 g/mol. The number of aliphatic hydroxyl groups is 1. The van der Waals surface area contributed by atoms with E-state index in [4.69, 9.17) is 28.4 Å². The summed E-state index contributed by atoms with van der Waals surface area (Å²) in [7, 11) is 0. The first-order chi connectivity index (χ1) is 17.3. The molecular formula is C29H44O7. The summed E-state index contributed by atoms with van der Waals surface area (Å²) in [5.74, 6) is -0.225. The van der Waals surface area contributed by atoms with Gasteiger partial charge < -0.3 is 33.5 Å². The van der Waals surface area contributed by atoms with E-state index in [2.05, 4.69) is 27.0 Å². The molecule has 36 heavy (non-hydrogen) atoms. The van der Waals surface area contributed by atoms with Crippen molar-refractivity contribution in [2.24, 2.45) is 5.92 Å². The summed E-state index contributed by atoms with van der Waals surface area (Å²) in [4.78, 5) is 0. The molecule has 0 aromatic rings. The molecule has 7 aliphatic heterocycles. The van der Waals surface area contributed by atoms with Crippen LogP contribution in [0.1, 0.15) is 78.6 Å². The molecule has 7 rings (SSSR count). The van der Waals surface area contributed by atoms with Gasteiger partial charge in [-0.2, -0.15) is 0 Å². The van der Waals surface area contributed by atoms with Crippen LogP contribution in [0.15, 0.2) is 24.3 Å². The van der Waals surface area contributed by atoms with Crippen molar-refractivity contribution in [3.05, 3.63) is 24.3 Å². The summed E-state index contributed by atoms with van der Waals surface area (Å²) in [6, 6.07) is 0. The second-order valence-corrected chi connectivity index (χ2v) is 12.0. The Morgan fingerprint density at radius 2 is 1.61 bits per heavy atom. The third-order valence-corrected chi connectivity index (χ3v) is 9.63. The van der Waals surface area contributed by atoms with E-state index < -0.39 is 18.0 Å². The first-order valence-electron chi connectivity index (χ1n) is 14.3. The van der Waals surface area contributed by atoms with E-state index >= 15 is 0 Å². The smallest absolute Gasteiger partial charge is 0.172 e. The minimum atomic E-state index is -0.733. The van der Waals surface area contributed by atoms with E-state index in [1.54, 1.807) is 0 Å². The van der Waals surface area contributed by atoms with Crippen molar-refractivity contribution in [3.8, 4) is 0 Å². The van der Waals surface area contributed by atoms with E-state index in [0.29, 0.717) is 12.3 Å². The minimum Gasteiger partial charge on any atom is -0.388 e. The lowest BCUT2D eigenvalue weighted by Gasteiger charge is -2.41. The summed E-state index contributed by atoms with van der Waals surface area (Å²) < 4.78 is 38.3. The molecule has 202 valence electrons. The highest BCUT2D eigenvalue weighted by Crippen LogP contribution is 2.53. The molecule has 7 heterocycles. The normalized spacial score (nSPS) is 51.8. The van der Waals surface area contributed by atoms with Gasteiger partial charge in [0.25, 0.3) is 0 Å². The van der Waals surface area contributed by atoms with Crippen LogP contribution in [0.25, 0.3) is 0 Å². The number of hydrogen-bond donors (Lipinski definition) is 1. The van der Waals surface area contributed by atoms with Gasteiger partial charge in [-0.25, -0.2) is 0 Å². The largest absolute Gasteiger partial charge is 0.388 e. The van der Waals surface area contributed by atoms with Crippen LogP contribution in [0.4, 0.5) is 0 Å². The van der Waals surface area contributed by atoms with Crippen molar-refractivity contribution >= 4 is 0 Å². The lowest BCUT2D eigenvalue weighted by atomic mass is 9.86. The Hall–Kier alpha value is -0.800. The zero-order chi connectivity index (χ0) is 25.2. The maximum atomic E-state index is 10.9. The molecule has 0 aromatic heterocycles. The van der Waals surface area contributed by atoms with Gasteiger partial charge in [-0.3, -0.25) is 0 Å². The van der Waals surface area contributed by atoms with Crippen molar-refractivity contribution in [1.29, 1.82) is 0 Å². The molecular weight excluding hydrogens is 460 g/mol. The zero-order valence-electron chi connectivity index (χ0n) is 22.1. The van der Waals surface area contributed by atoms with Gasteiger partial charge in [0.05, 0.1) is 36.6 Å². The van der Waals surface area contributed by atoms with Crippen LogP contribution < -0.4 is 0 Å². The Bertz CT molecular complexity index is 861. The fourth-order valence-electron chi connectivity index (χ4n) is 7.53. The molecule has 0 radical (unpaired) electrons. The molecule has 6 bridgehead atoms. The summed E-state index contributed by atoms with van der Waals surface area (Å²) in [5.41, 5.74) is 2.42. The highest BCUT2D eigenvalue weighted by atomic mass is 16.8. The maximum absolute atomic E-state index is 10.9. The summed E-state index contributed by atoms with van der Waals surface area (Å²) in [6.45, 7) is 15.1. The molecule has 7 aliphatic rings. The Balaban J connectivity index is 1.03. The summed E-state index contributed by atoms with van der Waals surface area (Å²) >= 11 is 0. The number of aliphatic hydroxyl groups excluding tert-OH is 1. The van der Waals surface area contributed by atoms with Gasteiger partial charge in [0, 0.05) is 12.8 Å². The average Bonchev–Trinajstić information content (AvgIpc) is 3.43. The Labute approximate surface area is 215 Å². The third kappa shape index (κ3) is 4.33. The molecule has 1 N–H and O–H groups in total. The third-order valence-electron chi connectivity index (χ3n) is 9.63. The second kappa shape index (κ2) is 9.74. The SMILES string of the molecule is C=C1CC(CC[C@@]23C[C@H]4OC5C(O2)[C@@H](O)C(CC)O[C@H]5C4O3)OC1CCC1C[C@@H](C)C(=C)C(CC)O1. The van der Waals surface area contributed by atoms with Crippen LogP contribution in [0.5, 0.6) is 0 Å². The van der Waals surface area contributed by atoms with E-state index in [-0.39, 0.29) is 54.9 Å². The van der Waals surface area contributed by atoms with Crippen molar-refractivity contribution in [1.82, 2.24) is 0 Å². The molecule has 0 aromatic carbocycles. The molecule has 7 fully saturated rings. The van der Waals surface area contributed by atoms with Crippen LogP contribution >= 0.6 is 0 Å². The maximum Gasteiger partial charge on any atom is 0.172 e. The quantitative estimate of drug-likeness (QED) is 0.496. The van der Waals surface area contributed by atoms with Crippen LogP contribution in [0.3, 0.4) is 0 Å². The predicted octanol–water partition coefficient (Wildman–Crippen LogP) is 4.21. The second-order valence-electron chi connectivity index (χ2n) is 12.0. The molecule has 13 atom stereocenters. The Morgan fingerprint density at radius 1 is 0.861 bits per heavy atom. The molecule has 0 aliphatic carbocycles. The summed E-state index contributed by atoms with van der Waals surface area (Å²) in [5, 5.41) is 10.9. The molecule has 7 nitrogen and oxygen atoms in total. The first-order valence-corrected chi connectivity index (χ1v) is 14.3. The Morgan fingerprint density at radius 3 is 2.39 bits per heavy atom. The molecule has 7 saturated heterocycles. The molecule has 8 unspecified atom stereocenters. The summed E-state index contributed by atoms with van der Waals surface area (Å²) in [6.07, 6.45) is 6.57. The highest BCUT2D eigenvalue weighted by Gasteiger charge is 2.67. The lowest BCUT2D eigenvalue weighted by Crippen LogP contribution is -2.58. The van der Waals surface area contributed by atoms with Gasteiger partial charge in [-0.1, -0.05) is 33.9 Å². The van der Waals surface area contributed by atoms with Crippen LogP contribution in [-0.2, 0) is 28.4 Å². The van der Waals surface area contributed by atoms with Gasteiger partial charge >= 0.3 is 0 Å². The zero-order valence-corrected chi connectivity index (χ0v) is 22.1. The van der Waals surface area contributed by atoms with Crippen molar-refractivity contribution in [3.63, 3.8) is 0 Å². The van der Waals surface area contributed by atoms with Crippen molar-refractivity contribution < 1.29 is 33.5 Å². The fraction of sp³-hybridized carbons (Fsp3) is 0.862. The molecule has 0 saturated carbocycles. The molecule has 7 heteroatoms. The average molecular weight is 505 g/mol. The fourth-order valence-corrected chi connectivity index (χ4v) is 7.53. The van der Waals surface area contributed by atoms with Crippen LogP contribution in [0, 0.1) is 5.92 Å². The van der Waals surface area contributed by atoms with Crippen molar-refractivity contribution in [2.45, 2.75) is 151 Å². The van der Waals surface area contributed by atoms with E-state index in [9.17, 15) is 5.11 Å². The number of rotatable bonds is 8. The van der Waals surface area contributed by atoms with E-state index in [1.165, 1.54) is 11.1 Å². The van der Waals surface area contributed by atoms with Gasteiger partial charge in [0.15, 0.2) is 5.79 Å². The number of hydrogen-bond acceptors (Lipinski definition) is 7. The Kier molecular flexibility index (Phi) is 6.90. The van der Waals surface area contributed by atoms with Gasteiger partial charge in [0.2, 0.25) is 0 Å².